The molecular formula is C21H26N2O6S. The number of hydrogen-bond donors (Lipinski definition) is 1. The Hall–Kier alpha value is -2.62. The predicted octanol–water partition coefficient (Wildman–Crippen LogP) is 2.22. The lowest BCUT2D eigenvalue weighted by molar-refractivity contribution is 0.0730. The van der Waals surface area contributed by atoms with E-state index in [1.807, 2.05) is 31.2 Å². The van der Waals surface area contributed by atoms with Crippen LogP contribution in [0, 0.1) is 0 Å². The quantitative estimate of drug-likeness (QED) is 0.718. The van der Waals surface area contributed by atoms with Gasteiger partial charge in [-0.3, -0.25) is 4.79 Å². The van der Waals surface area contributed by atoms with E-state index >= 15 is 0 Å². The van der Waals surface area contributed by atoms with Gasteiger partial charge in [-0.25, -0.2) is 8.42 Å². The fourth-order valence-electron chi connectivity index (χ4n) is 3.34. The standard InChI is InChI=1S/C21H26N2O6S/c1-15(17-6-4-5-7-19(17)27-2)22-21(24)18-14-16(8-9-20(18)28-3)30(25,26)23-10-12-29-13-11-23/h4-9,14-15H,10-13H2,1-3H3,(H,22,24). The maximum atomic E-state index is 13.0. The molecule has 30 heavy (non-hydrogen) atoms. The molecule has 0 bridgehead atoms. The largest absolute Gasteiger partial charge is 0.496 e. The van der Waals surface area contributed by atoms with Crippen molar-refractivity contribution in [3.63, 3.8) is 0 Å². The van der Waals surface area contributed by atoms with Crippen LogP contribution < -0.4 is 14.8 Å². The average Bonchev–Trinajstić information content (AvgIpc) is 2.79. The molecule has 2 aromatic carbocycles. The smallest absolute Gasteiger partial charge is 0.255 e. The molecule has 1 heterocycles. The lowest BCUT2D eigenvalue weighted by Gasteiger charge is -2.26. The van der Waals surface area contributed by atoms with E-state index in [1.54, 1.807) is 7.11 Å². The van der Waals surface area contributed by atoms with Crippen LogP contribution in [-0.2, 0) is 14.8 Å². The Bertz CT molecular complexity index is 1000. The summed E-state index contributed by atoms with van der Waals surface area (Å²) in [6, 6.07) is 11.3. The summed E-state index contributed by atoms with van der Waals surface area (Å²) < 4.78 is 43.2. The summed E-state index contributed by atoms with van der Waals surface area (Å²) in [6.45, 7) is 3.08. The molecule has 0 aromatic heterocycles. The number of benzene rings is 2. The summed E-state index contributed by atoms with van der Waals surface area (Å²) in [5.74, 6) is 0.505. The first kappa shape index (κ1) is 22.1. The second-order valence-corrected chi connectivity index (χ2v) is 8.75. The van der Waals surface area contributed by atoms with Crippen molar-refractivity contribution in [3.05, 3.63) is 53.6 Å². The van der Waals surface area contributed by atoms with Gasteiger partial charge in [-0.1, -0.05) is 18.2 Å². The molecule has 3 rings (SSSR count). The van der Waals surface area contributed by atoms with Gasteiger partial charge in [-0.2, -0.15) is 4.31 Å². The number of rotatable bonds is 7. The summed E-state index contributed by atoms with van der Waals surface area (Å²) in [7, 11) is -0.734. The molecule has 8 nitrogen and oxygen atoms in total. The molecule has 1 atom stereocenters. The minimum absolute atomic E-state index is 0.0419. The molecule has 1 saturated heterocycles. The highest BCUT2D eigenvalue weighted by molar-refractivity contribution is 7.89. The van der Waals surface area contributed by atoms with E-state index in [-0.39, 0.29) is 29.6 Å². The predicted molar refractivity (Wildman–Crippen MR) is 111 cm³/mol. The molecule has 1 N–H and O–H groups in total. The highest BCUT2D eigenvalue weighted by Gasteiger charge is 2.28. The van der Waals surface area contributed by atoms with Crippen molar-refractivity contribution < 1.29 is 27.4 Å². The van der Waals surface area contributed by atoms with Crippen LogP contribution in [0.15, 0.2) is 47.4 Å². The first-order valence-electron chi connectivity index (χ1n) is 9.58. The zero-order chi connectivity index (χ0) is 21.7. The number of sulfonamides is 1. The Morgan fingerprint density at radius 1 is 1.07 bits per heavy atom. The molecule has 1 unspecified atom stereocenters. The Morgan fingerprint density at radius 2 is 1.73 bits per heavy atom. The molecule has 1 aliphatic rings. The number of nitrogens with zero attached hydrogens (tertiary/aromatic N) is 1. The summed E-state index contributed by atoms with van der Waals surface area (Å²) >= 11 is 0. The minimum Gasteiger partial charge on any atom is -0.496 e. The molecular weight excluding hydrogens is 408 g/mol. The SMILES string of the molecule is COc1ccc(S(=O)(=O)N2CCOCC2)cc1C(=O)NC(C)c1ccccc1OC. The third-order valence-electron chi connectivity index (χ3n) is 4.98. The molecule has 162 valence electrons. The van der Waals surface area contributed by atoms with E-state index in [9.17, 15) is 13.2 Å². The van der Waals surface area contributed by atoms with Crippen LogP contribution in [0.25, 0.3) is 0 Å². The van der Waals surface area contributed by atoms with E-state index in [2.05, 4.69) is 5.32 Å². The van der Waals surface area contributed by atoms with E-state index in [4.69, 9.17) is 14.2 Å². The summed E-state index contributed by atoms with van der Waals surface area (Å²) in [5.41, 5.74) is 0.956. The van der Waals surface area contributed by atoms with Crippen molar-refractivity contribution in [2.45, 2.75) is 17.9 Å². The van der Waals surface area contributed by atoms with Crippen molar-refractivity contribution in [1.82, 2.24) is 9.62 Å². The molecule has 9 heteroatoms. The monoisotopic (exact) mass is 434 g/mol. The molecule has 0 saturated carbocycles. The maximum absolute atomic E-state index is 13.0. The number of para-hydroxylation sites is 1. The Balaban J connectivity index is 1.88. The van der Waals surface area contributed by atoms with Crippen molar-refractivity contribution in [3.8, 4) is 11.5 Å². The van der Waals surface area contributed by atoms with E-state index in [0.717, 1.165) is 5.56 Å². The van der Waals surface area contributed by atoms with Gasteiger partial charge in [-0.05, 0) is 31.2 Å². The van der Waals surface area contributed by atoms with Gasteiger partial charge in [0.1, 0.15) is 11.5 Å². The third-order valence-corrected chi connectivity index (χ3v) is 6.87. The van der Waals surface area contributed by atoms with Gasteiger partial charge in [0.05, 0.1) is 43.9 Å². The highest BCUT2D eigenvalue weighted by Crippen LogP contribution is 2.28. The van der Waals surface area contributed by atoms with E-state index in [1.165, 1.54) is 29.6 Å². The molecule has 0 spiro atoms. The first-order valence-corrected chi connectivity index (χ1v) is 11.0. The number of hydrogen-bond acceptors (Lipinski definition) is 6. The second-order valence-electron chi connectivity index (χ2n) is 6.82. The zero-order valence-electron chi connectivity index (χ0n) is 17.3. The number of carbonyl (C=O) groups is 1. The molecule has 1 aliphatic heterocycles. The van der Waals surface area contributed by atoms with Crippen LogP contribution in [0.2, 0.25) is 0 Å². The average molecular weight is 435 g/mol. The van der Waals surface area contributed by atoms with Crippen LogP contribution in [0.3, 0.4) is 0 Å². The van der Waals surface area contributed by atoms with Gasteiger partial charge in [0.25, 0.3) is 5.91 Å². The maximum Gasteiger partial charge on any atom is 0.255 e. The zero-order valence-corrected chi connectivity index (χ0v) is 18.1. The van der Waals surface area contributed by atoms with Gasteiger partial charge in [0.15, 0.2) is 0 Å². The summed E-state index contributed by atoms with van der Waals surface area (Å²) in [5, 5.41) is 2.89. The topological polar surface area (TPSA) is 94.2 Å². The Labute approximate surface area is 176 Å². The normalized spacial score (nSPS) is 16.0. The fraction of sp³-hybridized carbons (Fsp3) is 0.381. The fourth-order valence-corrected chi connectivity index (χ4v) is 4.77. The highest BCUT2D eigenvalue weighted by atomic mass is 32.2. The lowest BCUT2D eigenvalue weighted by Crippen LogP contribution is -2.40. The molecule has 1 amide bonds. The molecule has 2 aromatic rings. The Morgan fingerprint density at radius 3 is 2.40 bits per heavy atom. The van der Waals surface area contributed by atoms with Gasteiger partial charge in [0, 0.05) is 18.7 Å². The van der Waals surface area contributed by atoms with Crippen molar-refractivity contribution >= 4 is 15.9 Å². The van der Waals surface area contributed by atoms with Gasteiger partial charge in [-0.15, -0.1) is 0 Å². The van der Waals surface area contributed by atoms with Gasteiger partial charge in [0.2, 0.25) is 10.0 Å². The van der Waals surface area contributed by atoms with Crippen molar-refractivity contribution in [1.29, 1.82) is 0 Å². The van der Waals surface area contributed by atoms with Crippen molar-refractivity contribution in [2.24, 2.45) is 0 Å². The number of carbonyl (C=O) groups excluding carboxylic acids is 1. The molecule has 1 fully saturated rings. The first-order chi connectivity index (χ1) is 14.4. The van der Waals surface area contributed by atoms with E-state index < -0.39 is 15.9 Å². The minimum atomic E-state index is -3.74. The van der Waals surface area contributed by atoms with Crippen LogP contribution in [0.5, 0.6) is 11.5 Å². The third kappa shape index (κ3) is 4.58. The molecule has 0 radical (unpaired) electrons. The second kappa shape index (κ2) is 9.46. The number of nitrogens with one attached hydrogen (secondary N) is 1. The Kier molecular flexibility index (Phi) is 6.96. The van der Waals surface area contributed by atoms with Gasteiger partial charge < -0.3 is 19.5 Å². The number of methoxy groups -OCH3 is 2. The van der Waals surface area contributed by atoms with Crippen LogP contribution >= 0.6 is 0 Å². The van der Waals surface area contributed by atoms with Crippen LogP contribution in [0.4, 0.5) is 0 Å². The summed E-state index contributed by atoms with van der Waals surface area (Å²) in [4.78, 5) is 13.0. The lowest BCUT2D eigenvalue weighted by atomic mass is 10.1. The van der Waals surface area contributed by atoms with Crippen molar-refractivity contribution in [2.75, 3.05) is 40.5 Å². The van der Waals surface area contributed by atoms with Gasteiger partial charge >= 0.3 is 0 Å². The van der Waals surface area contributed by atoms with Crippen LogP contribution in [-0.4, -0.2) is 59.2 Å². The number of ether oxygens (including phenoxy) is 3. The number of morpholine rings is 1. The van der Waals surface area contributed by atoms with Crippen LogP contribution in [0.1, 0.15) is 28.9 Å². The summed E-state index contributed by atoms with van der Waals surface area (Å²) in [6.07, 6.45) is 0. The van der Waals surface area contributed by atoms with E-state index in [0.29, 0.717) is 24.7 Å². The molecule has 0 aliphatic carbocycles. The number of amides is 1.